The number of aryl methyl sites for hydroxylation is 1. The topological polar surface area (TPSA) is 152 Å². The molecule has 12 nitrogen and oxygen atoms in total. The first-order chi connectivity index (χ1) is 18.9. The molecule has 2 heterocycles. The molecular formula is C26H30ClN7O5. The summed E-state index contributed by atoms with van der Waals surface area (Å²) >= 11 is 6.28. The Kier molecular flexibility index (Phi) is 9.87. The van der Waals surface area contributed by atoms with Gasteiger partial charge in [-0.15, -0.1) is 10.2 Å². The molecule has 13 heteroatoms. The molecule has 0 aliphatic heterocycles. The van der Waals surface area contributed by atoms with Gasteiger partial charge in [-0.1, -0.05) is 78.3 Å². The van der Waals surface area contributed by atoms with Crippen LogP contribution in [0.5, 0.6) is 0 Å². The Morgan fingerprint density at radius 1 is 1.08 bits per heavy atom. The molecule has 3 N–H and O–H groups in total. The fourth-order valence-electron chi connectivity index (χ4n) is 4.17. The maximum Gasteiger partial charge on any atom is 0.266 e. The Bertz CT molecular complexity index is 1390. The number of nitrogens with zero attached hydrogens (tertiary/aromatic N) is 7. The van der Waals surface area contributed by atoms with Crippen LogP contribution in [0.3, 0.4) is 0 Å². The summed E-state index contributed by atoms with van der Waals surface area (Å²) in [5.41, 5.74) is 4.17. The van der Waals surface area contributed by atoms with Crippen LogP contribution in [0, 0.1) is 0 Å². The molecule has 0 aliphatic carbocycles. The normalized spacial score (nSPS) is 11.4. The SMILES string of the molecule is CCCCc1nc(Cl)c(CO)n1Cc1ccc(-c2ccccc2-c2nnn(C(=O)CCCON(O)O)n2)cc1. The fourth-order valence-corrected chi connectivity index (χ4v) is 4.43. The Hall–Kier alpha value is -3.52. The molecule has 0 spiro atoms. The predicted octanol–water partition coefficient (Wildman–Crippen LogP) is 4.17. The van der Waals surface area contributed by atoms with Gasteiger partial charge in [0, 0.05) is 24.9 Å². The number of tetrazole rings is 1. The molecule has 206 valence electrons. The van der Waals surface area contributed by atoms with Crippen molar-refractivity contribution in [1.82, 2.24) is 35.1 Å². The zero-order chi connectivity index (χ0) is 27.8. The lowest BCUT2D eigenvalue weighted by molar-refractivity contribution is -0.492. The van der Waals surface area contributed by atoms with Crippen LogP contribution in [0.1, 0.15) is 54.5 Å². The number of carbonyl (C=O) groups excluding carboxylic acids is 1. The predicted molar refractivity (Wildman–Crippen MR) is 141 cm³/mol. The van der Waals surface area contributed by atoms with Crippen molar-refractivity contribution in [1.29, 1.82) is 0 Å². The summed E-state index contributed by atoms with van der Waals surface area (Å²) in [7, 11) is 0. The third kappa shape index (κ3) is 7.12. The van der Waals surface area contributed by atoms with Crippen molar-refractivity contribution in [2.24, 2.45) is 0 Å². The van der Waals surface area contributed by atoms with Crippen LogP contribution >= 0.6 is 11.6 Å². The lowest BCUT2D eigenvalue weighted by Gasteiger charge is -2.12. The second-order valence-corrected chi connectivity index (χ2v) is 9.20. The number of imidazole rings is 1. The fraction of sp³-hybridized carbons (Fsp3) is 0.346. The van der Waals surface area contributed by atoms with Crippen molar-refractivity contribution >= 4 is 17.5 Å². The summed E-state index contributed by atoms with van der Waals surface area (Å²) in [5, 5.41) is 39.1. The molecule has 0 saturated heterocycles. The molecule has 4 rings (SSSR count). The van der Waals surface area contributed by atoms with Crippen molar-refractivity contribution in [3.8, 4) is 22.5 Å². The Morgan fingerprint density at radius 3 is 2.51 bits per heavy atom. The Morgan fingerprint density at radius 2 is 1.82 bits per heavy atom. The van der Waals surface area contributed by atoms with E-state index >= 15 is 0 Å². The molecule has 0 fully saturated rings. The van der Waals surface area contributed by atoms with Crippen LogP contribution in [0.2, 0.25) is 5.15 Å². The molecule has 39 heavy (non-hydrogen) atoms. The molecule has 0 atom stereocenters. The van der Waals surface area contributed by atoms with Crippen LogP contribution in [0.25, 0.3) is 22.5 Å². The molecule has 2 aromatic carbocycles. The third-order valence-electron chi connectivity index (χ3n) is 6.16. The number of aromatic nitrogens is 6. The van der Waals surface area contributed by atoms with E-state index in [0.717, 1.165) is 52.1 Å². The number of aliphatic hydroxyl groups excluding tert-OH is 1. The third-order valence-corrected chi connectivity index (χ3v) is 6.46. The van der Waals surface area contributed by atoms with E-state index in [2.05, 4.69) is 32.2 Å². The average molecular weight is 556 g/mol. The number of carbonyl (C=O) groups is 1. The van der Waals surface area contributed by atoms with Gasteiger partial charge < -0.3 is 9.67 Å². The van der Waals surface area contributed by atoms with Gasteiger partial charge in [0.15, 0.2) is 5.15 Å². The lowest BCUT2D eigenvalue weighted by Crippen LogP contribution is -2.18. The van der Waals surface area contributed by atoms with E-state index in [-0.39, 0.29) is 26.1 Å². The van der Waals surface area contributed by atoms with E-state index in [0.29, 0.717) is 23.2 Å². The number of halogens is 1. The molecule has 0 aliphatic rings. The van der Waals surface area contributed by atoms with Gasteiger partial charge in [-0.25, -0.2) is 4.98 Å². The quantitative estimate of drug-likeness (QED) is 0.162. The summed E-state index contributed by atoms with van der Waals surface area (Å²) in [6.07, 6.45) is 3.08. The Balaban J connectivity index is 1.51. The van der Waals surface area contributed by atoms with Crippen LogP contribution in [-0.4, -0.2) is 63.2 Å². The minimum Gasteiger partial charge on any atom is -0.390 e. The maximum atomic E-state index is 12.4. The smallest absolute Gasteiger partial charge is 0.266 e. The largest absolute Gasteiger partial charge is 0.390 e. The highest BCUT2D eigenvalue weighted by Crippen LogP contribution is 2.30. The molecule has 0 unspecified atom stereocenters. The minimum absolute atomic E-state index is 0.0348. The first kappa shape index (κ1) is 28.5. The van der Waals surface area contributed by atoms with Crippen molar-refractivity contribution in [2.75, 3.05) is 6.61 Å². The first-order valence-corrected chi connectivity index (χ1v) is 13.0. The molecule has 4 aromatic rings. The molecule has 0 saturated carbocycles. The number of aliphatic hydroxyl groups is 1. The highest BCUT2D eigenvalue weighted by molar-refractivity contribution is 6.30. The van der Waals surface area contributed by atoms with E-state index < -0.39 is 11.3 Å². The van der Waals surface area contributed by atoms with Gasteiger partial charge >= 0.3 is 0 Å². The zero-order valence-electron chi connectivity index (χ0n) is 21.4. The number of benzene rings is 2. The molecular weight excluding hydrogens is 526 g/mol. The van der Waals surface area contributed by atoms with Crippen molar-refractivity contribution in [2.45, 2.75) is 52.2 Å². The van der Waals surface area contributed by atoms with Gasteiger partial charge in [-0.3, -0.25) is 20.0 Å². The minimum atomic E-state index is -0.401. The summed E-state index contributed by atoms with van der Waals surface area (Å²) < 4.78 is 1.98. The van der Waals surface area contributed by atoms with Crippen LogP contribution in [-0.2, 0) is 24.4 Å². The molecule has 0 bridgehead atoms. The maximum absolute atomic E-state index is 12.4. The summed E-state index contributed by atoms with van der Waals surface area (Å²) in [6.45, 7) is 2.41. The average Bonchev–Trinajstić information content (AvgIpc) is 3.55. The van der Waals surface area contributed by atoms with E-state index in [9.17, 15) is 9.90 Å². The second-order valence-electron chi connectivity index (χ2n) is 8.84. The summed E-state index contributed by atoms with van der Waals surface area (Å²) in [4.78, 5) is 22.2. The van der Waals surface area contributed by atoms with Gasteiger partial charge in [0.25, 0.3) is 5.91 Å². The van der Waals surface area contributed by atoms with Gasteiger partial charge in [0.05, 0.1) is 24.3 Å². The van der Waals surface area contributed by atoms with Crippen molar-refractivity contribution in [3.05, 3.63) is 70.8 Å². The number of hydrogen-bond donors (Lipinski definition) is 3. The molecule has 0 radical (unpaired) electrons. The van der Waals surface area contributed by atoms with E-state index in [1.807, 2.05) is 53.1 Å². The number of hydrogen-bond acceptors (Lipinski definition) is 10. The van der Waals surface area contributed by atoms with Gasteiger partial charge in [-0.05, 0) is 34.7 Å². The first-order valence-electron chi connectivity index (χ1n) is 12.6. The summed E-state index contributed by atoms with van der Waals surface area (Å²) in [6, 6.07) is 15.6. The monoisotopic (exact) mass is 555 g/mol. The zero-order valence-corrected chi connectivity index (χ0v) is 22.2. The van der Waals surface area contributed by atoms with Gasteiger partial charge in [0.1, 0.15) is 5.82 Å². The summed E-state index contributed by atoms with van der Waals surface area (Å²) in [5.74, 6) is 0.763. The van der Waals surface area contributed by atoms with E-state index in [1.165, 1.54) is 0 Å². The molecule has 0 amide bonds. The van der Waals surface area contributed by atoms with Crippen LogP contribution in [0.15, 0.2) is 48.5 Å². The van der Waals surface area contributed by atoms with Crippen LogP contribution in [0.4, 0.5) is 0 Å². The number of rotatable bonds is 13. The van der Waals surface area contributed by atoms with Gasteiger partial charge in [0.2, 0.25) is 5.82 Å². The molecule has 2 aromatic heterocycles. The Labute approximate surface area is 229 Å². The van der Waals surface area contributed by atoms with Crippen molar-refractivity contribution < 1.29 is 25.2 Å². The number of unbranched alkanes of at least 4 members (excludes halogenated alkanes) is 1. The standard InChI is InChI=1S/C26H30ClN7O5/c1-2-3-9-23-28-25(27)22(17-35)32(23)16-18-11-13-19(14-12-18)20-7-4-5-8-21(20)26-29-31-33(30-26)24(36)10-6-15-39-34(37)38/h4-5,7-8,11-14,35,37-38H,2-3,6,9-10,15-17H2,1H3. The highest BCUT2D eigenvalue weighted by Gasteiger charge is 2.17. The van der Waals surface area contributed by atoms with Gasteiger partial charge in [-0.2, -0.15) is 0 Å². The van der Waals surface area contributed by atoms with E-state index in [4.69, 9.17) is 22.0 Å². The second kappa shape index (κ2) is 13.5. The van der Waals surface area contributed by atoms with E-state index in [1.54, 1.807) is 0 Å². The van der Waals surface area contributed by atoms with Crippen molar-refractivity contribution in [3.63, 3.8) is 0 Å². The highest BCUT2D eigenvalue weighted by atomic mass is 35.5. The lowest BCUT2D eigenvalue weighted by atomic mass is 9.98. The van der Waals surface area contributed by atoms with Crippen LogP contribution < -0.4 is 0 Å².